The fourth-order valence-electron chi connectivity index (χ4n) is 2.48. The van der Waals surface area contributed by atoms with E-state index >= 15 is 0 Å². The molecule has 2 fully saturated rings. The standard InChI is InChI=1S/C13H22O2/c14-12(10-11-4-3-5-11)7-8-13-6-1-2-9-15-13/h11,13H,1-10H2. The van der Waals surface area contributed by atoms with Crippen LogP contribution in [-0.2, 0) is 9.53 Å². The summed E-state index contributed by atoms with van der Waals surface area (Å²) in [5.41, 5.74) is 0. The minimum Gasteiger partial charge on any atom is -0.378 e. The second-order valence-corrected chi connectivity index (χ2v) is 5.07. The summed E-state index contributed by atoms with van der Waals surface area (Å²) in [4.78, 5) is 11.6. The highest BCUT2D eigenvalue weighted by Gasteiger charge is 2.21. The fourth-order valence-corrected chi connectivity index (χ4v) is 2.48. The largest absolute Gasteiger partial charge is 0.378 e. The fraction of sp³-hybridized carbons (Fsp3) is 0.923. The molecule has 1 heterocycles. The molecule has 1 aliphatic heterocycles. The smallest absolute Gasteiger partial charge is 0.133 e. The lowest BCUT2D eigenvalue weighted by atomic mass is 9.81. The quantitative estimate of drug-likeness (QED) is 0.697. The van der Waals surface area contributed by atoms with Crippen molar-refractivity contribution < 1.29 is 9.53 Å². The molecule has 2 aliphatic rings. The highest BCUT2D eigenvalue weighted by Crippen LogP contribution is 2.30. The van der Waals surface area contributed by atoms with Gasteiger partial charge in [-0.25, -0.2) is 0 Å². The Morgan fingerprint density at radius 1 is 1.13 bits per heavy atom. The molecule has 0 radical (unpaired) electrons. The zero-order valence-electron chi connectivity index (χ0n) is 9.54. The number of ether oxygens (including phenoxy) is 1. The zero-order chi connectivity index (χ0) is 10.5. The van der Waals surface area contributed by atoms with Crippen molar-refractivity contribution in [1.29, 1.82) is 0 Å². The van der Waals surface area contributed by atoms with Crippen LogP contribution in [0.1, 0.15) is 57.8 Å². The Hall–Kier alpha value is -0.370. The third-order valence-electron chi connectivity index (χ3n) is 3.76. The number of carbonyl (C=O) groups is 1. The van der Waals surface area contributed by atoms with Gasteiger partial charge in [0, 0.05) is 19.4 Å². The highest BCUT2D eigenvalue weighted by molar-refractivity contribution is 5.78. The molecule has 1 aliphatic carbocycles. The van der Waals surface area contributed by atoms with Crippen molar-refractivity contribution in [3.05, 3.63) is 0 Å². The maximum Gasteiger partial charge on any atom is 0.133 e. The van der Waals surface area contributed by atoms with Gasteiger partial charge in [-0.05, 0) is 31.6 Å². The number of hydrogen-bond acceptors (Lipinski definition) is 2. The average molecular weight is 210 g/mol. The van der Waals surface area contributed by atoms with Crippen molar-refractivity contribution >= 4 is 5.78 Å². The van der Waals surface area contributed by atoms with Crippen molar-refractivity contribution in [2.75, 3.05) is 6.61 Å². The first-order valence-electron chi connectivity index (χ1n) is 6.48. The summed E-state index contributed by atoms with van der Waals surface area (Å²) < 4.78 is 5.62. The van der Waals surface area contributed by atoms with Gasteiger partial charge in [0.05, 0.1) is 6.10 Å². The van der Waals surface area contributed by atoms with Crippen molar-refractivity contribution in [2.45, 2.75) is 63.9 Å². The minimum absolute atomic E-state index is 0.379. The molecule has 1 saturated heterocycles. The van der Waals surface area contributed by atoms with Gasteiger partial charge in [0.1, 0.15) is 5.78 Å². The predicted octanol–water partition coefficient (Wildman–Crippen LogP) is 3.10. The van der Waals surface area contributed by atoms with Crippen molar-refractivity contribution in [2.24, 2.45) is 5.92 Å². The highest BCUT2D eigenvalue weighted by atomic mass is 16.5. The van der Waals surface area contributed by atoms with Crippen molar-refractivity contribution in [3.8, 4) is 0 Å². The van der Waals surface area contributed by atoms with E-state index in [9.17, 15) is 4.79 Å². The molecule has 15 heavy (non-hydrogen) atoms. The summed E-state index contributed by atoms with van der Waals surface area (Å²) in [6.07, 6.45) is 10.5. The van der Waals surface area contributed by atoms with Gasteiger partial charge in [-0.15, -0.1) is 0 Å². The zero-order valence-corrected chi connectivity index (χ0v) is 9.54. The molecule has 2 nitrogen and oxygen atoms in total. The van der Waals surface area contributed by atoms with E-state index in [1.54, 1.807) is 0 Å². The molecule has 0 aromatic carbocycles. The van der Waals surface area contributed by atoms with Gasteiger partial charge in [0.15, 0.2) is 0 Å². The van der Waals surface area contributed by atoms with Crippen molar-refractivity contribution in [1.82, 2.24) is 0 Å². The van der Waals surface area contributed by atoms with Crippen LogP contribution in [0, 0.1) is 5.92 Å². The summed E-state index contributed by atoms with van der Waals surface area (Å²) in [6.45, 7) is 0.904. The number of ketones is 1. The minimum atomic E-state index is 0.379. The average Bonchev–Trinajstić information content (AvgIpc) is 2.22. The molecule has 86 valence electrons. The first-order chi connectivity index (χ1) is 7.34. The first-order valence-corrected chi connectivity index (χ1v) is 6.48. The Labute approximate surface area is 92.4 Å². The molecule has 1 atom stereocenters. The molecule has 0 bridgehead atoms. The number of carbonyl (C=O) groups excluding carboxylic acids is 1. The summed E-state index contributed by atoms with van der Waals surface area (Å²) in [5.74, 6) is 1.19. The van der Waals surface area contributed by atoms with Crippen LogP contribution in [0.5, 0.6) is 0 Å². The maximum atomic E-state index is 11.6. The SMILES string of the molecule is O=C(CCC1CCCCO1)CC1CCC1. The molecule has 0 aromatic heterocycles. The third-order valence-corrected chi connectivity index (χ3v) is 3.76. The Kier molecular flexibility index (Phi) is 4.18. The lowest BCUT2D eigenvalue weighted by Crippen LogP contribution is -2.21. The molecule has 1 unspecified atom stereocenters. The van der Waals surface area contributed by atoms with Gasteiger partial charge in [0.2, 0.25) is 0 Å². The Balaban J connectivity index is 1.57. The van der Waals surface area contributed by atoms with Crippen LogP contribution in [0.15, 0.2) is 0 Å². The molecular weight excluding hydrogens is 188 g/mol. The van der Waals surface area contributed by atoms with Gasteiger partial charge < -0.3 is 4.74 Å². The van der Waals surface area contributed by atoms with E-state index in [2.05, 4.69) is 0 Å². The van der Waals surface area contributed by atoms with Crippen LogP contribution in [0.2, 0.25) is 0 Å². The monoisotopic (exact) mass is 210 g/mol. The number of rotatable bonds is 5. The van der Waals surface area contributed by atoms with E-state index < -0.39 is 0 Å². The molecule has 2 rings (SSSR count). The third kappa shape index (κ3) is 3.60. The normalized spacial score (nSPS) is 27.3. The van der Waals surface area contributed by atoms with Gasteiger partial charge >= 0.3 is 0 Å². The Morgan fingerprint density at radius 3 is 2.60 bits per heavy atom. The lowest BCUT2D eigenvalue weighted by molar-refractivity contribution is -0.121. The van der Waals surface area contributed by atoms with Crippen LogP contribution in [0.4, 0.5) is 0 Å². The molecule has 0 N–H and O–H groups in total. The van der Waals surface area contributed by atoms with Gasteiger partial charge in [-0.1, -0.05) is 19.3 Å². The van der Waals surface area contributed by atoms with E-state index in [1.165, 1.54) is 32.1 Å². The predicted molar refractivity (Wildman–Crippen MR) is 59.8 cm³/mol. The first kappa shape index (κ1) is 11.1. The van der Waals surface area contributed by atoms with E-state index in [0.717, 1.165) is 38.2 Å². The Morgan fingerprint density at radius 2 is 2.00 bits per heavy atom. The topological polar surface area (TPSA) is 26.3 Å². The van der Waals surface area contributed by atoms with Gasteiger partial charge in [0.25, 0.3) is 0 Å². The van der Waals surface area contributed by atoms with E-state index in [0.29, 0.717) is 11.9 Å². The van der Waals surface area contributed by atoms with E-state index in [-0.39, 0.29) is 0 Å². The lowest BCUT2D eigenvalue weighted by Gasteiger charge is -2.25. The summed E-state index contributed by atoms with van der Waals surface area (Å²) in [6, 6.07) is 0. The van der Waals surface area contributed by atoms with Crippen LogP contribution in [0.25, 0.3) is 0 Å². The van der Waals surface area contributed by atoms with E-state index in [4.69, 9.17) is 4.74 Å². The maximum absolute atomic E-state index is 11.6. The van der Waals surface area contributed by atoms with Crippen LogP contribution in [0.3, 0.4) is 0 Å². The molecule has 0 spiro atoms. The summed E-state index contributed by atoms with van der Waals surface area (Å²) >= 11 is 0. The number of Topliss-reactive ketones (excluding diaryl/α,β-unsaturated/α-hetero) is 1. The molecule has 0 amide bonds. The molecule has 1 saturated carbocycles. The van der Waals surface area contributed by atoms with Crippen LogP contribution < -0.4 is 0 Å². The molecule has 0 aromatic rings. The van der Waals surface area contributed by atoms with Crippen LogP contribution in [-0.4, -0.2) is 18.5 Å². The molecular formula is C13H22O2. The van der Waals surface area contributed by atoms with Gasteiger partial charge in [-0.2, -0.15) is 0 Å². The van der Waals surface area contributed by atoms with Crippen LogP contribution >= 0.6 is 0 Å². The van der Waals surface area contributed by atoms with Crippen molar-refractivity contribution in [3.63, 3.8) is 0 Å². The summed E-state index contributed by atoms with van der Waals surface area (Å²) in [7, 11) is 0. The second-order valence-electron chi connectivity index (χ2n) is 5.07. The second kappa shape index (κ2) is 5.64. The van der Waals surface area contributed by atoms with E-state index in [1.807, 2.05) is 0 Å². The number of hydrogen-bond donors (Lipinski definition) is 0. The Bertz CT molecular complexity index is 203. The van der Waals surface area contributed by atoms with Gasteiger partial charge in [-0.3, -0.25) is 4.79 Å². The molecule has 2 heteroatoms. The summed E-state index contributed by atoms with van der Waals surface area (Å²) in [5, 5.41) is 0.